The Hall–Kier alpha value is -2.34. The zero-order chi connectivity index (χ0) is 19.6. The van der Waals surface area contributed by atoms with E-state index in [1.807, 2.05) is 13.8 Å². The van der Waals surface area contributed by atoms with Gasteiger partial charge in [0.05, 0.1) is 18.0 Å². The number of carbonyl (C=O) groups excluding carboxylic acids is 1. The molecule has 26 heavy (non-hydrogen) atoms. The number of carbonyl (C=O) groups is 1. The highest BCUT2D eigenvalue weighted by Crippen LogP contribution is 2.23. The molecule has 2 aromatic carbocycles. The summed E-state index contributed by atoms with van der Waals surface area (Å²) in [6.45, 7) is 9.88. The molecule has 0 aliphatic carbocycles. The van der Waals surface area contributed by atoms with E-state index in [2.05, 4.69) is 36.0 Å². The highest BCUT2D eigenvalue weighted by molar-refractivity contribution is 7.92. The molecule has 0 spiro atoms. The van der Waals surface area contributed by atoms with Crippen LogP contribution >= 0.6 is 0 Å². The average molecular weight is 375 g/mol. The van der Waals surface area contributed by atoms with Gasteiger partial charge in [-0.15, -0.1) is 0 Å². The quantitative estimate of drug-likeness (QED) is 0.836. The van der Waals surface area contributed by atoms with Crippen LogP contribution in [0.5, 0.6) is 0 Å². The summed E-state index contributed by atoms with van der Waals surface area (Å²) in [6, 6.07) is 9.04. The minimum atomic E-state index is -3.40. The molecular formula is C20H26N2O3S. The second-order valence-corrected chi connectivity index (χ2v) is 8.64. The topological polar surface area (TPSA) is 75.3 Å². The lowest BCUT2D eigenvalue weighted by atomic mass is 9.96. The van der Waals surface area contributed by atoms with Gasteiger partial charge in [-0.1, -0.05) is 18.2 Å². The largest absolute Gasteiger partial charge is 0.346 e. The number of sulfonamides is 1. The lowest BCUT2D eigenvalue weighted by molar-refractivity contribution is 0.0940. The number of aryl methyl sites for hydroxylation is 4. The van der Waals surface area contributed by atoms with Crippen LogP contribution in [0, 0.1) is 27.7 Å². The molecule has 2 rings (SSSR count). The first-order chi connectivity index (χ1) is 12.0. The van der Waals surface area contributed by atoms with Crippen LogP contribution in [-0.4, -0.2) is 20.6 Å². The van der Waals surface area contributed by atoms with E-state index in [0.29, 0.717) is 11.3 Å². The first kappa shape index (κ1) is 20.0. The molecule has 2 aromatic rings. The minimum absolute atomic E-state index is 0.158. The van der Waals surface area contributed by atoms with Crippen molar-refractivity contribution < 1.29 is 13.2 Å². The Morgan fingerprint density at radius 3 is 2.15 bits per heavy atom. The second-order valence-electron chi connectivity index (χ2n) is 6.89. The van der Waals surface area contributed by atoms with E-state index in [1.54, 1.807) is 25.1 Å². The van der Waals surface area contributed by atoms with E-state index in [4.69, 9.17) is 0 Å². The average Bonchev–Trinajstić information content (AvgIpc) is 2.51. The number of benzene rings is 2. The van der Waals surface area contributed by atoms with E-state index in [0.717, 1.165) is 22.9 Å². The standard InChI is InChI=1S/C20H26N2O3S/c1-12-7-8-17(11-19(12)22-26(6,24)25)20(23)21-16(5)18-10-14(3)13(2)9-15(18)4/h7-11,16,22H,1-6H3,(H,21,23)/t16-/m1/s1. The molecule has 140 valence electrons. The molecule has 1 amide bonds. The molecule has 0 aliphatic heterocycles. The van der Waals surface area contributed by atoms with Gasteiger partial charge in [0, 0.05) is 5.56 Å². The van der Waals surface area contributed by atoms with Crippen LogP contribution in [0.15, 0.2) is 30.3 Å². The van der Waals surface area contributed by atoms with Gasteiger partial charge in [-0.3, -0.25) is 9.52 Å². The Morgan fingerprint density at radius 2 is 1.54 bits per heavy atom. The maximum absolute atomic E-state index is 12.6. The molecular weight excluding hydrogens is 348 g/mol. The van der Waals surface area contributed by atoms with E-state index in [-0.39, 0.29) is 11.9 Å². The van der Waals surface area contributed by atoms with Gasteiger partial charge in [0.25, 0.3) is 5.91 Å². The van der Waals surface area contributed by atoms with Crippen LogP contribution in [0.2, 0.25) is 0 Å². The molecule has 0 radical (unpaired) electrons. The number of nitrogens with one attached hydrogen (secondary N) is 2. The molecule has 0 saturated heterocycles. The van der Waals surface area contributed by atoms with Crippen molar-refractivity contribution in [3.8, 4) is 0 Å². The van der Waals surface area contributed by atoms with Crippen LogP contribution in [0.1, 0.15) is 51.1 Å². The third kappa shape index (κ3) is 4.85. The summed E-state index contributed by atoms with van der Waals surface area (Å²) < 4.78 is 25.4. The van der Waals surface area contributed by atoms with E-state index in [9.17, 15) is 13.2 Å². The summed E-state index contributed by atoms with van der Waals surface area (Å²) in [5, 5.41) is 2.99. The molecule has 0 saturated carbocycles. The van der Waals surface area contributed by atoms with Crippen molar-refractivity contribution in [2.75, 3.05) is 11.0 Å². The summed E-state index contributed by atoms with van der Waals surface area (Å²) >= 11 is 0. The molecule has 0 aliphatic rings. The monoisotopic (exact) mass is 374 g/mol. The van der Waals surface area contributed by atoms with Gasteiger partial charge in [0.15, 0.2) is 0 Å². The Bertz CT molecular complexity index is 950. The fourth-order valence-corrected chi connectivity index (χ4v) is 3.50. The van der Waals surface area contributed by atoms with E-state index in [1.165, 1.54) is 11.1 Å². The highest BCUT2D eigenvalue weighted by atomic mass is 32.2. The molecule has 0 bridgehead atoms. The zero-order valence-electron chi connectivity index (χ0n) is 16.1. The zero-order valence-corrected chi connectivity index (χ0v) is 16.9. The van der Waals surface area contributed by atoms with Crippen molar-refractivity contribution in [3.63, 3.8) is 0 Å². The van der Waals surface area contributed by atoms with Crippen molar-refractivity contribution in [1.82, 2.24) is 5.32 Å². The Kier molecular flexibility index (Phi) is 5.76. The maximum atomic E-state index is 12.6. The van der Waals surface area contributed by atoms with Crippen LogP contribution in [-0.2, 0) is 10.0 Å². The fourth-order valence-electron chi connectivity index (χ4n) is 2.88. The van der Waals surface area contributed by atoms with Gasteiger partial charge < -0.3 is 5.32 Å². The van der Waals surface area contributed by atoms with E-state index < -0.39 is 10.0 Å². The summed E-state index contributed by atoms with van der Waals surface area (Å²) in [6.07, 6.45) is 1.09. The van der Waals surface area contributed by atoms with Gasteiger partial charge in [0.1, 0.15) is 0 Å². The molecule has 0 aromatic heterocycles. The second kappa shape index (κ2) is 7.50. The summed E-state index contributed by atoms with van der Waals surface area (Å²) in [5.74, 6) is -0.244. The normalized spacial score (nSPS) is 12.5. The third-order valence-corrected chi connectivity index (χ3v) is 5.08. The minimum Gasteiger partial charge on any atom is -0.346 e. The van der Waals surface area contributed by atoms with Gasteiger partial charge >= 0.3 is 0 Å². The first-order valence-electron chi connectivity index (χ1n) is 8.45. The van der Waals surface area contributed by atoms with Gasteiger partial charge in [0.2, 0.25) is 10.0 Å². The molecule has 0 fully saturated rings. The smallest absolute Gasteiger partial charge is 0.251 e. The number of anilines is 1. The molecule has 1 atom stereocenters. The van der Waals surface area contributed by atoms with Crippen molar-refractivity contribution in [2.24, 2.45) is 0 Å². The Morgan fingerprint density at radius 1 is 0.923 bits per heavy atom. The van der Waals surface area contributed by atoms with Crippen molar-refractivity contribution >= 4 is 21.6 Å². The fraction of sp³-hybridized carbons (Fsp3) is 0.350. The molecule has 5 nitrogen and oxygen atoms in total. The van der Waals surface area contributed by atoms with E-state index >= 15 is 0 Å². The van der Waals surface area contributed by atoms with Gasteiger partial charge in [-0.25, -0.2) is 8.42 Å². The maximum Gasteiger partial charge on any atom is 0.251 e. The predicted octanol–water partition coefficient (Wildman–Crippen LogP) is 3.78. The van der Waals surface area contributed by atoms with Crippen LogP contribution in [0.3, 0.4) is 0 Å². The summed E-state index contributed by atoms with van der Waals surface area (Å²) in [7, 11) is -3.40. The van der Waals surface area contributed by atoms with Gasteiger partial charge in [-0.2, -0.15) is 0 Å². The van der Waals surface area contributed by atoms with Crippen LogP contribution < -0.4 is 10.0 Å². The molecule has 2 N–H and O–H groups in total. The molecule has 6 heteroatoms. The molecule has 0 heterocycles. The summed E-state index contributed by atoms with van der Waals surface area (Å²) in [5.41, 5.74) is 6.18. The number of hydrogen-bond donors (Lipinski definition) is 2. The first-order valence-corrected chi connectivity index (χ1v) is 10.3. The number of hydrogen-bond acceptors (Lipinski definition) is 3. The van der Waals surface area contributed by atoms with Crippen molar-refractivity contribution in [2.45, 2.75) is 40.7 Å². The molecule has 0 unspecified atom stereocenters. The third-order valence-electron chi connectivity index (χ3n) is 4.49. The number of rotatable bonds is 5. The van der Waals surface area contributed by atoms with Crippen molar-refractivity contribution in [3.05, 3.63) is 63.7 Å². The van der Waals surface area contributed by atoms with Crippen LogP contribution in [0.25, 0.3) is 0 Å². The van der Waals surface area contributed by atoms with Crippen LogP contribution in [0.4, 0.5) is 5.69 Å². The summed E-state index contributed by atoms with van der Waals surface area (Å²) in [4.78, 5) is 12.6. The lowest BCUT2D eigenvalue weighted by Gasteiger charge is -2.19. The van der Waals surface area contributed by atoms with Gasteiger partial charge in [-0.05, 0) is 74.6 Å². The highest BCUT2D eigenvalue weighted by Gasteiger charge is 2.16. The van der Waals surface area contributed by atoms with Crippen molar-refractivity contribution in [1.29, 1.82) is 0 Å². The Labute approximate surface area is 155 Å². The lowest BCUT2D eigenvalue weighted by Crippen LogP contribution is -2.27. The Balaban J connectivity index is 2.25. The predicted molar refractivity (Wildman–Crippen MR) is 106 cm³/mol. The SMILES string of the molecule is Cc1cc(C)c([C@@H](C)NC(=O)c2ccc(C)c(NS(C)(=O)=O)c2)cc1C. The number of amides is 1.